The number of aromatic hydroxyl groups is 1. The van der Waals surface area contributed by atoms with Gasteiger partial charge in [-0.25, -0.2) is 0 Å². The van der Waals surface area contributed by atoms with Gasteiger partial charge < -0.3 is 5.11 Å². The lowest BCUT2D eigenvalue weighted by Gasteiger charge is -2.26. The van der Waals surface area contributed by atoms with Gasteiger partial charge in [0.05, 0.1) is 0 Å². The molecule has 1 nitrogen and oxygen atoms in total. The second-order valence-electron chi connectivity index (χ2n) is 6.68. The third-order valence-electron chi connectivity index (χ3n) is 4.58. The van der Waals surface area contributed by atoms with E-state index >= 15 is 0 Å². The maximum atomic E-state index is 9.45. The molecule has 0 radical (unpaired) electrons. The third-order valence-corrected chi connectivity index (χ3v) is 4.58. The van der Waals surface area contributed by atoms with Crippen molar-refractivity contribution in [2.24, 2.45) is 0 Å². The molecule has 0 aliphatic carbocycles. The molecule has 2 rings (SSSR count). The number of phenolic OH excluding ortho intramolecular Hbond substituents is 1. The number of phenols is 1. The van der Waals surface area contributed by atoms with Crippen LogP contribution in [0.1, 0.15) is 63.1 Å². The van der Waals surface area contributed by atoms with Gasteiger partial charge >= 0.3 is 0 Å². The summed E-state index contributed by atoms with van der Waals surface area (Å²) in [5.41, 5.74) is 3.92. The average molecular weight is 296 g/mol. The van der Waals surface area contributed by atoms with Crippen LogP contribution in [-0.2, 0) is 11.8 Å². The van der Waals surface area contributed by atoms with Gasteiger partial charge in [0, 0.05) is 5.41 Å². The maximum Gasteiger partial charge on any atom is 0.115 e. The summed E-state index contributed by atoms with van der Waals surface area (Å²) in [6, 6.07) is 16.6. The van der Waals surface area contributed by atoms with Crippen LogP contribution in [0.4, 0.5) is 0 Å². The molecule has 0 heterocycles. The van der Waals surface area contributed by atoms with Gasteiger partial charge in [-0.05, 0) is 41.7 Å². The van der Waals surface area contributed by atoms with Crippen LogP contribution < -0.4 is 0 Å². The lowest BCUT2D eigenvalue weighted by Crippen LogP contribution is -2.18. The SMILES string of the molecule is CCCCCCc1ccc(C(C)(C)c2ccc(O)cc2)cc1. The quantitative estimate of drug-likeness (QED) is 0.636. The monoisotopic (exact) mass is 296 g/mol. The lowest BCUT2D eigenvalue weighted by molar-refractivity contribution is 0.474. The second-order valence-corrected chi connectivity index (χ2v) is 6.68. The summed E-state index contributed by atoms with van der Waals surface area (Å²) in [6.45, 7) is 6.71. The highest BCUT2D eigenvalue weighted by Crippen LogP contribution is 2.32. The predicted molar refractivity (Wildman–Crippen MR) is 94.5 cm³/mol. The topological polar surface area (TPSA) is 20.2 Å². The molecule has 0 amide bonds. The molecule has 0 aliphatic heterocycles. The molecule has 1 N–H and O–H groups in total. The Balaban J connectivity index is 2.06. The fourth-order valence-corrected chi connectivity index (χ4v) is 2.89. The molecule has 0 saturated heterocycles. The van der Waals surface area contributed by atoms with Crippen LogP contribution in [0.15, 0.2) is 48.5 Å². The molecule has 0 unspecified atom stereocenters. The molecule has 0 bridgehead atoms. The van der Waals surface area contributed by atoms with Gasteiger partial charge in [-0.3, -0.25) is 0 Å². The first-order valence-corrected chi connectivity index (χ1v) is 8.43. The number of unbranched alkanes of at least 4 members (excludes halogenated alkanes) is 3. The smallest absolute Gasteiger partial charge is 0.115 e. The summed E-state index contributed by atoms with van der Waals surface area (Å²) in [4.78, 5) is 0. The minimum atomic E-state index is -0.0472. The first-order valence-electron chi connectivity index (χ1n) is 8.43. The molecule has 2 aromatic rings. The highest BCUT2D eigenvalue weighted by molar-refractivity contribution is 5.40. The number of hydrogen-bond acceptors (Lipinski definition) is 1. The molecule has 0 aliphatic rings. The highest BCUT2D eigenvalue weighted by Gasteiger charge is 2.22. The Kier molecular flexibility index (Phi) is 5.65. The van der Waals surface area contributed by atoms with Crippen molar-refractivity contribution in [3.63, 3.8) is 0 Å². The summed E-state index contributed by atoms with van der Waals surface area (Å²) in [5, 5.41) is 9.45. The van der Waals surface area contributed by atoms with Crippen molar-refractivity contribution >= 4 is 0 Å². The molecule has 0 aromatic heterocycles. The van der Waals surface area contributed by atoms with E-state index in [1.54, 1.807) is 12.1 Å². The Hall–Kier alpha value is -1.76. The highest BCUT2D eigenvalue weighted by atomic mass is 16.3. The summed E-state index contributed by atoms with van der Waals surface area (Å²) >= 11 is 0. The number of hydrogen-bond donors (Lipinski definition) is 1. The van der Waals surface area contributed by atoms with E-state index in [0.717, 1.165) is 0 Å². The van der Waals surface area contributed by atoms with Crippen LogP contribution in [-0.4, -0.2) is 5.11 Å². The number of benzene rings is 2. The number of rotatable bonds is 7. The average Bonchev–Trinajstić information content (AvgIpc) is 2.52. The van der Waals surface area contributed by atoms with Gasteiger partial charge in [0.25, 0.3) is 0 Å². The van der Waals surface area contributed by atoms with Crippen molar-refractivity contribution in [2.45, 2.75) is 58.3 Å². The predicted octanol–water partition coefficient (Wildman–Crippen LogP) is 5.84. The molecule has 0 saturated carbocycles. The minimum Gasteiger partial charge on any atom is -0.508 e. The summed E-state index contributed by atoms with van der Waals surface area (Å²) < 4.78 is 0. The van der Waals surface area contributed by atoms with Crippen LogP contribution >= 0.6 is 0 Å². The lowest BCUT2D eigenvalue weighted by atomic mass is 9.78. The summed E-state index contributed by atoms with van der Waals surface area (Å²) in [6.07, 6.45) is 6.43. The first-order chi connectivity index (χ1) is 10.5. The Bertz CT molecular complexity index is 564. The molecular formula is C21H28O. The van der Waals surface area contributed by atoms with E-state index in [0.29, 0.717) is 5.75 Å². The Morgan fingerprint density at radius 3 is 1.86 bits per heavy atom. The zero-order chi connectivity index (χ0) is 16.0. The Morgan fingerprint density at radius 2 is 1.32 bits per heavy atom. The molecular weight excluding hydrogens is 268 g/mol. The van der Waals surface area contributed by atoms with Gasteiger partial charge in [-0.15, -0.1) is 0 Å². The van der Waals surface area contributed by atoms with Crippen molar-refractivity contribution in [1.82, 2.24) is 0 Å². The third kappa shape index (κ3) is 4.13. The molecule has 0 fully saturated rings. The molecule has 0 atom stereocenters. The zero-order valence-electron chi connectivity index (χ0n) is 14.1. The Labute approximate surface area is 135 Å². The van der Waals surface area contributed by atoms with E-state index in [9.17, 15) is 5.11 Å². The fraction of sp³-hybridized carbons (Fsp3) is 0.429. The van der Waals surface area contributed by atoms with E-state index in [1.165, 1.54) is 48.8 Å². The van der Waals surface area contributed by atoms with Crippen LogP contribution in [0.2, 0.25) is 0 Å². The normalized spacial score (nSPS) is 11.6. The van der Waals surface area contributed by atoms with Gasteiger partial charge in [0.1, 0.15) is 5.75 Å². The van der Waals surface area contributed by atoms with Crippen LogP contribution in [0.3, 0.4) is 0 Å². The largest absolute Gasteiger partial charge is 0.508 e. The first kappa shape index (κ1) is 16.6. The minimum absolute atomic E-state index is 0.0472. The van der Waals surface area contributed by atoms with Crippen molar-refractivity contribution in [2.75, 3.05) is 0 Å². The van der Waals surface area contributed by atoms with Crippen LogP contribution in [0.25, 0.3) is 0 Å². The molecule has 118 valence electrons. The van der Waals surface area contributed by atoms with E-state index in [2.05, 4.69) is 45.0 Å². The molecule has 2 aromatic carbocycles. The number of aryl methyl sites for hydroxylation is 1. The van der Waals surface area contributed by atoms with Gasteiger partial charge in [-0.1, -0.05) is 76.4 Å². The summed E-state index contributed by atoms with van der Waals surface area (Å²) in [5.74, 6) is 0.321. The van der Waals surface area contributed by atoms with Gasteiger partial charge in [0.2, 0.25) is 0 Å². The maximum absolute atomic E-state index is 9.45. The van der Waals surface area contributed by atoms with Crippen LogP contribution in [0.5, 0.6) is 5.75 Å². The van der Waals surface area contributed by atoms with Crippen molar-refractivity contribution in [3.8, 4) is 5.75 Å². The van der Waals surface area contributed by atoms with E-state index < -0.39 is 0 Å². The van der Waals surface area contributed by atoms with Crippen molar-refractivity contribution in [1.29, 1.82) is 0 Å². The Morgan fingerprint density at radius 1 is 0.773 bits per heavy atom. The second kappa shape index (κ2) is 7.49. The van der Waals surface area contributed by atoms with E-state index in [4.69, 9.17) is 0 Å². The van der Waals surface area contributed by atoms with Gasteiger partial charge in [0.15, 0.2) is 0 Å². The standard InChI is InChI=1S/C21H28O/c1-4-5-6-7-8-17-9-11-18(12-10-17)21(2,3)19-13-15-20(22)16-14-19/h9-16,22H,4-8H2,1-3H3. The van der Waals surface area contributed by atoms with Crippen LogP contribution in [0, 0.1) is 0 Å². The molecule has 0 spiro atoms. The van der Waals surface area contributed by atoms with E-state index in [-0.39, 0.29) is 5.41 Å². The van der Waals surface area contributed by atoms with Crippen molar-refractivity contribution in [3.05, 3.63) is 65.2 Å². The fourth-order valence-electron chi connectivity index (χ4n) is 2.89. The summed E-state index contributed by atoms with van der Waals surface area (Å²) in [7, 11) is 0. The van der Waals surface area contributed by atoms with E-state index in [1.807, 2.05) is 12.1 Å². The van der Waals surface area contributed by atoms with Crippen molar-refractivity contribution < 1.29 is 5.11 Å². The molecule has 22 heavy (non-hydrogen) atoms. The van der Waals surface area contributed by atoms with Gasteiger partial charge in [-0.2, -0.15) is 0 Å². The molecule has 1 heteroatoms. The zero-order valence-corrected chi connectivity index (χ0v) is 14.1.